The van der Waals surface area contributed by atoms with Gasteiger partial charge in [-0.05, 0) is 13.8 Å². The fraction of sp³-hybridized carbons (Fsp3) is 0.444. The molecule has 1 aliphatic heterocycles. The monoisotopic (exact) mass is 362 g/mol. The molecule has 0 spiro atoms. The minimum Gasteiger partial charge on any atom is -0.375 e. The van der Waals surface area contributed by atoms with Crippen LogP contribution in [0.25, 0.3) is 16.6 Å². The molecule has 2 aromatic rings. The standard InChI is InChI=1S/C18H17F3N4O/c1-10-8-22-17-14(23-10)7-15(25-3-4-26-11(2)9-25)24-16(17)12-5-13(6-12)18(19,20)21/h7-8,11H,3-5,9H2,1-2H3/t11-/m0/s1. The van der Waals surface area contributed by atoms with Crippen molar-refractivity contribution in [2.24, 2.45) is 0 Å². The van der Waals surface area contributed by atoms with Gasteiger partial charge in [0.2, 0.25) is 0 Å². The molecule has 1 fully saturated rings. The molecule has 136 valence electrons. The number of allylic oxidation sites excluding steroid dienone is 1. The van der Waals surface area contributed by atoms with Crippen LogP contribution in [0.2, 0.25) is 0 Å². The van der Waals surface area contributed by atoms with E-state index in [2.05, 4.69) is 25.6 Å². The summed E-state index contributed by atoms with van der Waals surface area (Å²) in [5.74, 6) is 0.678. The van der Waals surface area contributed by atoms with Crippen LogP contribution in [-0.4, -0.2) is 46.9 Å². The van der Waals surface area contributed by atoms with E-state index in [9.17, 15) is 13.2 Å². The van der Waals surface area contributed by atoms with E-state index in [0.29, 0.717) is 47.8 Å². The van der Waals surface area contributed by atoms with Gasteiger partial charge >= 0.3 is 6.18 Å². The first-order valence-corrected chi connectivity index (χ1v) is 8.38. The van der Waals surface area contributed by atoms with Crippen LogP contribution >= 0.6 is 0 Å². The molecule has 1 saturated heterocycles. The first-order chi connectivity index (χ1) is 12.3. The van der Waals surface area contributed by atoms with E-state index in [1.54, 1.807) is 6.20 Å². The Morgan fingerprint density at radius 3 is 2.77 bits per heavy atom. The number of aryl methyl sites for hydroxylation is 1. The van der Waals surface area contributed by atoms with Gasteiger partial charge in [0, 0.05) is 37.3 Å². The maximum Gasteiger partial charge on any atom is 0.420 e. The number of pyridine rings is 1. The van der Waals surface area contributed by atoms with Gasteiger partial charge in [-0.1, -0.05) is 0 Å². The molecule has 8 heteroatoms. The second-order valence-corrected chi connectivity index (χ2v) is 6.59. The number of nitrogens with zero attached hydrogens (tertiary/aromatic N) is 4. The van der Waals surface area contributed by atoms with Crippen molar-refractivity contribution in [1.82, 2.24) is 15.0 Å². The second-order valence-electron chi connectivity index (χ2n) is 6.59. The fourth-order valence-electron chi connectivity index (χ4n) is 3.15. The van der Waals surface area contributed by atoms with E-state index in [1.165, 1.54) is 0 Å². The summed E-state index contributed by atoms with van der Waals surface area (Å²) < 4.78 is 43.9. The van der Waals surface area contributed by atoms with Crippen molar-refractivity contribution < 1.29 is 17.9 Å². The number of rotatable bonds is 2. The van der Waals surface area contributed by atoms with Crippen molar-refractivity contribution >= 4 is 22.4 Å². The summed E-state index contributed by atoms with van der Waals surface area (Å²) in [6.07, 6.45) is -2.89. The second kappa shape index (κ2) is 6.07. The number of halogens is 3. The van der Waals surface area contributed by atoms with Gasteiger partial charge in [-0.15, -0.1) is 5.73 Å². The molecular formula is C18H17F3N4O. The summed E-state index contributed by atoms with van der Waals surface area (Å²) in [4.78, 5) is 15.5. The normalized spacial score (nSPS) is 20.7. The van der Waals surface area contributed by atoms with Gasteiger partial charge in [-0.25, -0.2) is 9.97 Å². The SMILES string of the molecule is Cc1cnc2c(C3=C=C(C(F)(F)F)C3)nc(N3CCO[C@@H](C)C3)cc2n1. The van der Waals surface area contributed by atoms with E-state index in [-0.39, 0.29) is 12.5 Å². The molecule has 2 aliphatic rings. The molecule has 0 N–H and O–H groups in total. The Hall–Kier alpha value is -2.44. The topological polar surface area (TPSA) is 51.1 Å². The summed E-state index contributed by atoms with van der Waals surface area (Å²) in [5.41, 5.74) is 4.47. The molecule has 0 bridgehead atoms. The van der Waals surface area contributed by atoms with E-state index < -0.39 is 11.7 Å². The summed E-state index contributed by atoms with van der Waals surface area (Å²) in [7, 11) is 0. The number of morpholine rings is 1. The van der Waals surface area contributed by atoms with Crippen molar-refractivity contribution in [3.63, 3.8) is 0 Å². The molecule has 5 nitrogen and oxygen atoms in total. The number of alkyl halides is 3. The average molecular weight is 362 g/mol. The van der Waals surface area contributed by atoms with E-state index in [1.807, 2.05) is 19.9 Å². The lowest BCUT2D eigenvalue weighted by Gasteiger charge is -2.32. The lowest BCUT2D eigenvalue weighted by Crippen LogP contribution is -2.41. The summed E-state index contributed by atoms with van der Waals surface area (Å²) in [5, 5.41) is 0. The van der Waals surface area contributed by atoms with Crippen molar-refractivity contribution in [3.8, 4) is 0 Å². The molecule has 4 rings (SSSR count). The number of fused-ring (bicyclic) bond motifs is 1. The molecule has 2 aromatic heterocycles. The maximum atomic E-state index is 12.8. The number of anilines is 1. The molecule has 1 atom stereocenters. The van der Waals surface area contributed by atoms with Crippen LogP contribution in [0, 0.1) is 6.92 Å². The number of hydrogen-bond donors (Lipinski definition) is 0. The Labute approximate surface area is 148 Å². The van der Waals surface area contributed by atoms with Crippen LogP contribution in [0.4, 0.5) is 19.0 Å². The Morgan fingerprint density at radius 2 is 2.08 bits per heavy atom. The minimum absolute atomic E-state index is 0.0629. The van der Waals surface area contributed by atoms with Gasteiger partial charge in [0.1, 0.15) is 17.0 Å². The quantitative estimate of drug-likeness (QED) is 0.766. The minimum atomic E-state index is -4.35. The summed E-state index contributed by atoms with van der Waals surface area (Å²) >= 11 is 0. The van der Waals surface area contributed by atoms with Crippen LogP contribution in [0.3, 0.4) is 0 Å². The third-order valence-electron chi connectivity index (χ3n) is 4.48. The molecule has 0 aromatic carbocycles. The largest absolute Gasteiger partial charge is 0.420 e. The van der Waals surface area contributed by atoms with Gasteiger partial charge in [0.25, 0.3) is 0 Å². The van der Waals surface area contributed by atoms with Crippen LogP contribution < -0.4 is 4.90 Å². The molecule has 3 heterocycles. The van der Waals surface area contributed by atoms with E-state index in [4.69, 9.17) is 4.74 Å². The van der Waals surface area contributed by atoms with Crippen LogP contribution in [0.5, 0.6) is 0 Å². The molecular weight excluding hydrogens is 345 g/mol. The summed E-state index contributed by atoms with van der Waals surface area (Å²) in [6, 6.07) is 1.84. The highest BCUT2D eigenvalue weighted by molar-refractivity contribution is 5.90. The average Bonchev–Trinajstić information content (AvgIpc) is 2.51. The third kappa shape index (κ3) is 3.06. The van der Waals surface area contributed by atoms with E-state index >= 15 is 0 Å². The van der Waals surface area contributed by atoms with Crippen LogP contribution in [0.1, 0.15) is 24.7 Å². The van der Waals surface area contributed by atoms with Crippen molar-refractivity contribution in [2.45, 2.75) is 32.5 Å². The van der Waals surface area contributed by atoms with Crippen LogP contribution in [0.15, 0.2) is 23.6 Å². The molecule has 0 radical (unpaired) electrons. The molecule has 0 unspecified atom stereocenters. The fourth-order valence-corrected chi connectivity index (χ4v) is 3.15. The Kier molecular flexibility index (Phi) is 3.97. The first kappa shape index (κ1) is 17.0. The van der Waals surface area contributed by atoms with Gasteiger partial charge in [0.15, 0.2) is 0 Å². The zero-order valence-corrected chi connectivity index (χ0v) is 14.4. The smallest absolute Gasteiger partial charge is 0.375 e. The van der Waals surface area contributed by atoms with Gasteiger partial charge in [0.05, 0.1) is 29.5 Å². The van der Waals surface area contributed by atoms with Crippen molar-refractivity contribution in [2.75, 3.05) is 24.6 Å². The zero-order chi connectivity index (χ0) is 18.5. The number of aromatic nitrogens is 3. The van der Waals surface area contributed by atoms with E-state index in [0.717, 1.165) is 5.69 Å². The highest BCUT2D eigenvalue weighted by Crippen LogP contribution is 2.40. The lowest BCUT2D eigenvalue weighted by molar-refractivity contribution is -0.0934. The highest BCUT2D eigenvalue weighted by Gasteiger charge is 2.38. The van der Waals surface area contributed by atoms with Crippen molar-refractivity contribution in [1.29, 1.82) is 0 Å². The zero-order valence-electron chi connectivity index (χ0n) is 14.4. The molecule has 26 heavy (non-hydrogen) atoms. The van der Waals surface area contributed by atoms with Gasteiger partial charge in [-0.3, -0.25) is 4.98 Å². The van der Waals surface area contributed by atoms with Gasteiger partial charge < -0.3 is 9.64 Å². The third-order valence-corrected chi connectivity index (χ3v) is 4.48. The Balaban J connectivity index is 1.85. The first-order valence-electron chi connectivity index (χ1n) is 8.38. The molecule has 0 amide bonds. The van der Waals surface area contributed by atoms with Gasteiger partial charge in [-0.2, -0.15) is 13.2 Å². The summed E-state index contributed by atoms with van der Waals surface area (Å²) in [6.45, 7) is 5.72. The maximum absolute atomic E-state index is 12.8. The lowest BCUT2D eigenvalue weighted by atomic mass is 9.93. The van der Waals surface area contributed by atoms with Crippen LogP contribution in [-0.2, 0) is 4.74 Å². The highest BCUT2D eigenvalue weighted by atomic mass is 19.4. The number of hydrogen-bond acceptors (Lipinski definition) is 5. The predicted molar refractivity (Wildman–Crippen MR) is 90.8 cm³/mol. The molecule has 0 saturated carbocycles. The van der Waals surface area contributed by atoms with Crippen molar-refractivity contribution in [3.05, 3.63) is 35.0 Å². The number of ether oxygens (including phenoxy) is 1. The molecule has 1 aliphatic carbocycles. The Morgan fingerprint density at radius 1 is 1.31 bits per heavy atom. The predicted octanol–water partition coefficient (Wildman–Crippen LogP) is 3.43. The Bertz CT molecular complexity index is 947.